The number of nitrogens with one attached hydrogen (secondary N) is 1. The van der Waals surface area contributed by atoms with Gasteiger partial charge in [0.1, 0.15) is 5.75 Å². The maximum atomic E-state index is 12.1. The molecule has 0 fully saturated rings. The van der Waals surface area contributed by atoms with Gasteiger partial charge in [0, 0.05) is 29.1 Å². The highest BCUT2D eigenvalue weighted by atomic mass is 35.5. The highest BCUT2D eigenvalue weighted by Crippen LogP contribution is 2.20. The minimum atomic E-state index is -0.209. The van der Waals surface area contributed by atoms with E-state index in [0.29, 0.717) is 22.9 Å². The fourth-order valence-electron chi connectivity index (χ4n) is 2.22. The zero-order valence-corrected chi connectivity index (χ0v) is 14.5. The minimum absolute atomic E-state index is 0.0731. The highest BCUT2D eigenvalue weighted by Gasteiger charge is 2.11. The van der Waals surface area contributed by atoms with Crippen LogP contribution >= 0.6 is 11.6 Å². The fraction of sp³-hybridized carbons (Fsp3) is 0.263. The summed E-state index contributed by atoms with van der Waals surface area (Å²) >= 11 is 5.93. The molecule has 4 nitrogen and oxygen atoms in total. The van der Waals surface area contributed by atoms with E-state index in [2.05, 4.69) is 5.32 Å². The van der Waals surface area contributed by atoms with Gasteiger partial charge >= 0.3 is 0 Å². The largest absolute Gasteiger partial charge is 0.494 e. The molecule has 1 N–H and O–H groups in total. The molecule has 24 heavy (non-hydrogen) atoms. The van der Waals surface area contributed by atoms with Gasteiger partial charge in [0.15, 0.2) is 5.78 Å². The fourth-order valence-corrected chi connectivity index (χ4v) is 2.39. The van der Waals surface area contributed by atoms with Crippen LogP contribution in [0, 0.1) is 6.92 Å². The SMILES string of the molecule is CCOc1ccc(C(=O)CCC(=O)Nc2cc(Cl)ccc2C)cc1. The molecule has 0 bridgehead atoms. The van der Waals surface area contributed by atoms with Crippen molar-refractivity contribution < 1.29 is 14.3 Å². The Balaban J connectivity index is 1.88. The number of aryl methyl sites for hydroxylation is 1. The summed E-state index contributed by atoms with van der Waals surface area (Å²) in [5.74, 6) is 0.443. The molecule has 0 radical (unpaired) electrons. The average molecular weight is 346 g/mol. The lowest BCUT2D eigenvalue weighted by Gasteiger charge is -2.09. The highest BCUT2D eigenvalue weighted by molar-refractivity contribution is 6.31. The van der Waals surface area contributed by atoms with Gasteiger partial charge in [-0.2, -0.15) is 0 Å². The van der Waals surface area contributed by atoms with E-state index in [1.54, 1.807) is 36.4 Å². The van der Waals surface area contributed by atoms with Gasteiger partial charge in [-0.3, -0.25) is 9.59 Å². The van der Waals surface area contributed by atoms with Crippen LogP contribution in [0.25, 0.3) is 0 Å². The number of benzene rings is 2. The zero-order valence-electron chi connectivity index (χ0n) is 13.8. The second kappa shape index (κ2) is 8.50. The summed E-state index contributed by atoms with van der Waals surface area (Å²) in [4.78, 5) is 24.2. The predicted octanol–water partition coefficient (Wildman–Crippen LogP) is 4.65. The number of halogens is 1. The molecule has 0 unspecified atom stereocenters. The summed E-state index contributed by atoms with van der Waals surface area (Å²) in [5, 5.41) is 3.34. The molecular formula is C19H20ClNO3. The standard InChI is InChI=1S/C19H20ClNO3/c1-3-24-16-8-5-14(6-9-16)18(22)10-11-19(23)21-17-12-15(20)7-4-13(17)2/h4-9,12H,3,10-11H2,1-2H3,(H,21,23). The maximum absolute atomic E-state index is 12.1. The van der Waals surface area contributed by atoms with Crippen molar-refractivity contribution in [1.29, 1.82) is 0 Å². The molecule has 2 rings (SSSR count). The van der Waals surface area contributed by atoms with Crippen LogP contribution in [-0.4, -0.2) is 18.3 Å². The van der Waals surface area contributed by atoms with E-state index in [9.17, 15) is 9.59 Å². The van der Waals surface area contributed by atoms with Crippen molar-refractivity contribution in [2.75, 3.05) is 11.9 Å². The summed E-state index contributed by atoms with van der Waals surface area (Å²) in [6.07, 6.45) is 0.275. The van der Waals surface area contributed by atoms with E-state index in [1.807, 2.05) is 19.9 Å². The van der Waals surface area contributed by atoms with Crippen LogP contribution < -0.4 is 10.1 Å². The van der Waals surface area contributed by atoms with E-state index in [4.69, 9.17) is 16.3 Å². The lowest BCUT2D eigenvalue weighted by molar-refractivity contribution is -0.116. The van der Waals surface area contributed by atoms with Crippen LogP contribution in [0.4, 0.5) is 5.69 Å². The van der Waals surface area contributed by atoms with Gasteiger partial charge < -0.3 is 10.1 Å². The minimum Gasteiger partial charge on any atom is -0.494 e. The summed E-state index contributed by atoms with van der Waals surface area (Å²) < 4.78 is 5.34. The second-order valence-corrected chi connectivity index (χ2v) is 5.82. The Bertz CT molecular complexity index is 726. The molecule has 2 aromatic rings. The Morgan fingerprint density at radius 3 is 2.46 bits per heavy atom. The van der Waals surface area contributed by atoms with E-state index in [-0.39, 0.29) is 24.5 Å². The topological polar surface area (TPSA) is 55.4 Å². The quantitative estimate of drug-likeness (QED) is 0.743. The Morgan fingerprint density at radius 2 is 1.79 bits per heavy atom. The molecule has 1 amide bonds. The molecule has 5 heteroatoms. The van der Waals surface area contributed by atoms with Crippen molar-refractivity contribution in [3.05, 3.63) is 58.6 Å². The number of Topliss-reactive ketones (excluding diaryl/α,β-unsaturated/α-hetero) is 1. The molecule has 0 aliphatic rings. The van der Waals surface area contributed by atoms with Crippen molar-refractivity contribution in [2.45, 2.75) is 26.7 Å². The van der Waals surface area contributed by atoms with E-state index < -0.39 is 0 Å². The van der Waals surface area contributed by atoms with Crippen molar-refractivity contribution >= 4 is 29.0 Å². The molecule has 0 atom stereocenters. The van der Waals surface area contributed by atoms with Crippen molar-refractivity contribution in [3.8, 4) is 5.75 Å². The number of hydrogen-bond acceptors (Lipinski definition) is 3. The molecule has 0 heterocycles. The summed E-state index contributed by atoms with van der Waals surface area (Å²) in [6.45, 7) is 4.37. The molecule has 0 saturated carbocycles. The van der Waals surface area contributed by atoms with Crippen molar-refractivity contribution in [3.63, 3.8) is 0 Å². The second-order valence-electron chi connectivity index (χ2n) is 5.39. The van der Waals surface area contributed by atoms with Crippen LogP contribution in [0.1, 0.15) is 35.7 Å². The number of ether oxygens (including phenoxy) is 1. The third-order valence-electron chi connectivity index (χ3n) is 3.54. The summed E-state index contributed by atoms with van der Waals surface area (Å²) in [5.41, 5.74) is 2.16. The number of hydrogen-bond donors (Lipinski definition) is 1. The van der Waals surface area contributed by atoms with E-state index >= 15 is 0 Å². The zero-order chi connectivity index (χ0) is 17.5. The number of amides is 1. The van der Waals surface area contributed by atoms with Gasteiger partial charge in [0.05, 0.1) is 6.61 Å². The van der Waals surface area contributed by atoms with Gasteiger partial charge in [-0.25, -0.2) is 0 Å². The van der Waals surface area contributed by atoms with Crippen molar-refractivity contribution in [1.82, 2.24) is 0 Å². The van der Waals surface area contributed by atoms with Gasteiger partial charge in [0.25, 0.3) is 0 Å². The monoisotopic (exact) mass is 345 g/mol. The molecule has 0 aromatic heterocycles. The molecule has 0 spiro atoms. The lowest BCUT2D eigenvalue weighted by atomic mass is 10.1. The number of ketones is 1. The third kappa shape index (κ3) is 5.10. The van der Waals surface area contributed by atoms with Crippen LogP contribution in [0.2, 0.25) is 5.02 Å². The maximum Gasteiger partial charge on any atom is 0.224 e. The lowest BCUT2D eigenvalue weighted by Crippen LogP contribution is -2.14. The van der Waals surface area contributed by atoms with Gasteiger partial charge in [0.2, 0.25) is 5.91 Å². The average Bonchev–Trinajstić information content (AvgIpc) is 2.57. The van der Waals surface area contributed by atoms with Gasteiger partial charge in [-0.15, -0.1) is 0 Å². The third-order valence-corrected chi connectivity index (χ3v) is 3.78. The first-order valence-electron chi connectivity index (χ1n) is 7.81. The first-order chi connectivity index (χ1) is 11.5. The molecule has 2 aromatic carbocycles. The number of anilines is 1. The Hall–Kier alpha value is -2.33. The molecule has 0 saturated heterocycles. The van der Waals surface area contributed by atoms with Crippen molar-refractivity contribution in [2.24, 2.45) is 0 Å². The first-order valence-corrected chi connectivity index (χ1v) is 8.19. The smallest absolute Gasteiger partial charge is 0.224 e. The molecule has 0 aliphatic carbocycles. The number of rotatable bonds is 7. The van der Waals surface area contributed by atoms with Crippen LogP contribution in [0.15, 0.2) is 42.5 Å². The van der Waals surface area contributed by atoms with E-state index in [0.717, 1.165) is 11.3 Å². The Morgan fingerprint density at radius 1 is 1.08 bits per heavy atom. The molecular weight excluding hydrogens is 326 g/mol. The Kier molecular flexibility index (Phi) is 6.38. The predicted molar refractivity (Wildman–Crippen MR) is 96.0 cm³/mol. The van der Waals surface area contributed by atoms with Crippen LogP contribution in [0.5, 0.6) is 5.75 Å². The molecule has 126 valence electrons. The first kappa shape index (κ1) is 18.0. The van der Waals surface area contributed by atoms with Gasteiger partial charge in [-0.1, -0.05) is 17.7 Å². The van der Waals surface area contributed by atoms with Crippen LogP contribution in [0.3, 0.4) is 0 Å². The summed E-state index contributed by atoms with van der Waals surface area (Å²) in [6, 6.07) is 12.2. The normalized spacial score (nSPS) is 10.3. The van der Waals surface area contributed by atoms with Crippen LogP contribution in [-0.2, 0) is 4.79 Å². The van der Waals surface area contributed by atoms with Gasteiger partial charge in [-0.05, 0) is 55.8 Å². The number of carbonyl (C=O) groups is 2. The molecule has 0 aliphatic heterocycles. The summed E-state index contributed by atoms with van der Waals surface area (Å²) in [7, 11) is 0. The Labute approximate surface area is 146 Å². The van der Waals surface area contributed by atoms with E-state index in [1.165, 1.54) is 0 Å². The number of carbonyl (C=O) groups excluding carboxylic acids is 2.